The van der Waals surface area contributed by atoms with E-state index in [1.807, 2.05) is 0 Å². The Morgan fingerprint density at radius 3 is 1.14 bits per heavy atom. The molecule has 0 aliphatic carbocycles. The minimum absolute atomic E-state index is 1.09. The Morgan fingerprint density at radius 2 is 0.700 bits per heavy atom. The third-order valence-electron chi connectivity index (χ3n) is 12.2. The zero-order chi connectivity index (χ0) is 68.7. The lowest BCUT2D eigenvalue weighted by Crippen LogP contribution is -2.71. The van der Waals surface area contributed by atoms with Gasteiger partial charge in [-0.2, -0.15) is 81.5 Å². The molecule has 20 N–H and O–H groups in total. The minimum Gasteiger partial charge on any atom is -0.479 e. The average molecular weight is 1490 g/mol. The van der Waals surface area contributed by atoms with E-state index >= 15 is 0 Å². The predicted molar refractivity (Wildman–Crippen MR) is 257 cm³/mol. The van der Waals surface area contributed by atoms with Crippen molar-refractivity contribution in [2.75, 3.05) is 19.8 Å². The standard InChI is InChI=1S/C30H51N3O49S8/c34-10-4(1-69-86(54,55)56)73-27(8(11(10)35)32-84(48,49)50)77-19-13(37)14(38)29(79-22(19)24(40)41)76-17-6(3-71-88(60,61)62)74-28(9(33-85(51,52)53)18(17)81-89(63,64)65)78-20-15(39)21(82-90(66,67)68)30(80-23(20)25(42)43)75-16-5(2-70-87(57,58)59)72-26(44)7(12(16)36)31-83(45,46)47/h4-23,26-39,44H,1-3H2,(H,40,41)(H,42,43)(H,45,46,47)(H,48,49,50)(H,51,52,53)(H,54,55,56)(H,57,58,59)(H,60,61,62)(H,63,64,65)(H,66,67,68)/t4-,5-,6-,7-,8-,9-,10-,11-,12-,13-,14-,15+,16-,17-,18-,19+,20+,21-,22+,23-,26-,27-,28+,29-,30-/m1/s1. The molecule has 0 radical (unpaired) electrons. The van der Waals surface area contributed by atoms with E-state index in [1.54, 1.807) is 0 Å². The van der Waals surface area contributed by atoms with Crippen LogP contribution in [0.15, 0.2) is 0 Å². The molecule has 5 aliphatic rings. The van der Waals surface area contributed by atoms with Crippen LogP contribution >= 0.6 is 0 Å². The Hall–Kier alpha value is -2.74. The molecule has 0 aromatic heterocycles. The zero-order valence-corrected chi connectivity index (χ0v) is 49.5. The van der Waals surface area contributed by atoms with Crippen LogP contribution < -0.4 is 14.2 Å². The fourth-order valence-electron chi connectivity index (χ4n) is 8.80. The van der Waals surface area contributed by atoms with Gasteiger partial charge in [-0.05, 0) is 0 Å². The molecule has 5 aliphatic heterocycles. The first-order valence-corrected chi connectivity index (χ1v) is 34.3. The van der Waals surface area contributed by atoms with Crippen LogP contribution in [-0.4, -0.2) is 335 Å². The number of aliphatic hydroxyl groups is 7. The number of hydrogen-bond acceptors (Lipinski definition) is 39. The summed E-state index contributed by atoms with van der Waals surface area (Å²) in [4.78, 5) is 25.7. The van der Waals surface area contributed by atoms with Crippen molar-refractivity contribution in [3.05, 3.63) is 0 Å². The fraction of sp³-hybridized carbons (Fsp3) is 0.933. The lowest BCUT2D eigenvalue weighted by Gasteiger charge is -2.50. The Bertz CT molecular complexity index is 3470. The molecule has 25 atom stereocenters. The molecule has 0 spiro atoms. The molecule has 60 heteroatoms. The number of hydrogen-bond donors (Lipinski definition) is 20. The molecule has 52 nitrogen and oxygen atoms in total. The van der Waals surface area contributed by atoms with Gasteiger partial charge in [-0.3, -0.25) is 36.4 Å². The number of aliphatic hydroxyl groups excluding tert-OH is 7. The summed E-state index contributed by atoms with van der Waals surface area (Å²) in [6, 6.07) is -8.42. The smallest absolute Gasteiger partial charge is 0.397 e. The molecule has 5 heterocycles. The molecule has 0 aromatic rings. The number of rotatable bonds is 29. The van der Waals surface area contributed by atoms with E-state index in [4.69, 9.17) is 51.7 Å². The first kappa shape index (κ1) is 78.0. The van der Waals surface area contributed by atoms with Gasteiger partial charge in [-0.1, -0.05) is 0 Å². The Kier molecular flexibility index (Phi) is 25.4. The Labute approximate surface area is 502 Å². The predicted octanol–water partition coefficient (Wildman–Crippen LogP) is -14.4. The highest BCUT2D eigenvalue weighted by Crippen LogP contribution is 2.38. The van der Waals surface area contributed by atoms with Crippen LogP contribution in [0.1, 0.15) is 0 Å². The minimum atomic E-state index is -6.36. The average Bonchev–Trinajstić information content (AvgIpc) is 0.774. The summed E-state index contributed by atoms with van der Waals surface area (Å²) in [7, 11) is -46.7. The van der Waals surface area contributed by atoms with E-state index in [1.165, 1.54) is 9.44 Å². The number of carboxylic acid groups (broad SMARTS) is 2. The lowest BCUT2D eigenvalue weighted by molar-refractivity contribution is -0.372. The second-order valence-corrected chi connectivity index (χ2v) is 27.4. The highest BCUT2D eigenvalue weighted by Gasteiger charge is 2.61. The van der Waals surface area contributed by atoms with Gasteiger partial charge < -0.3 is 88.6 Å². The monoisotopic (exact) mass is 1490 g/mol. The van der Waals surface area contributed by atoms with E-state index in [0.717, 1.165) is 4.72 Å². The SMILES string of the molecule is O=C(O)[C@H]1O[C@@H](O[C@H]2[C@H](OS(=O)(=O)O)[C@@H](NS(=O)(=O)O)[C@H](O[C@H]3[C@H](O)[C@@H](OS(=O)(=O)O)[C@H](O[C@H]4[C@H](O)[C@@H](NS(=O)(=O)O)[C@H](O)O[C@@H]4COS(=O)(=O)O)O[C@H]3C(=O)O)O[C@@H]2COS(=O)(=O)O)[C@H](O)[C@@H](O)[C@@H]1O[C@H]1O[C@H](COS(=O)(=O)O)[C@@H](O)[C@H](O)[C@H]1NS(=O)(=O)O. The first-order chi connectivity index (χ1) is 40.6. The van der Waals surface area contributed by atoms with Gasteiger partial charge in [-0.25, -0.2) is 30.5 Å². The summed E-state index contributed by atoms with van der Waals surface area (Å²) in [5.41, 5.74) is 0. The molecule has 0 unspecified atom stereocenters. The highest BCUT2D eigenvalue weighted by molar-refractivity contribution is 7.84. The van der Waals surface area contributed by atoms with Crippen LogP contribution in [-0.2, 0) is 156 Å². The normalized spacial score (nSPS) is 38.9. The zero-order valence-electron chi connectivity index (χ0n) is 43.0. The summed E-state index contributed by atoms with van der Waals surface area (Å²) < 4.78 is 339. The second-order valence-electron chi connectivity index (χ2n) is 18.5. The van der Waals surface area contributed by atoms with Gasteiger partial charge in [0.15, 0.2) is 49.8 Å². The second kappa shape index (κ2) is 29.3. The van der Waals surface area contributed by atoms with E-state index < -0.39 is 268 Å². The molecule has 90 heavy (non-hydrogen) atoms. The van der Waals surface area contributed by atoms with Gasteiger partial charge in [0, 0.05) is 0 Å². The Balaban J connectivity index is 1.59. The summed E-state index contributed by atoms with van der Waals surface area (Å²) in [5, 5.41) is 97.8. The molecule has 0 saturated carbocycles. The molecular weight excluding hydrogens is 1440 g/mol. The van der Waals surface area contributed by atoms with Gasteiger partial charge in [-0.15, -0.1) is 0 Å². The Morgan fingerprint density at radius 1 is 0.333 bits per heavy atom. The van der Waals surface area contributed by atoms with Crippen molar-refractivity contribution in [3.63, 3.8) is 0 Å². The number of nitrogens with one attached hydrogen (secondary N) is 3. The molecule has 5 fully saturated rings. The molecule has 528 valence electrons. The molecule has 0 amide bonds. The molecule has 0 bridgehead atoms. The summed E-state index contributed by atoms with van der Waals surface area (Å²) in [5.74, 6) is -4.94. The quantitative estimate of drug-likeness (QED) is 0.0309. The van der Waals surface area contributed by atoms with E-state index in [0.29, 0.717) is 0 Å². The fourth-order valence-corrected chi connectivity index (χ4v) is 12.5. The van der Waals surface area contributed by atoms with Crippen LogP contribution in [0, 0.1) is 0 Å². The van der Waals surface area contributed by atoms with Gasteiger partial charge >= 0.3 is 94.8 Å². The van der Waals surface area contributed by atoms with Crippen LogP contribution in [0.5, 0.6) is 0 Å². The van der Waals surface area contributed by atoms with Gasteiger partial charge in [0.25, 0.3) is 0 Å². The molecule has 5 saturated heterocycles. The molecular formula is C30H51N3O49S8. The van der Waals surface area contributed by atoms with E-state index in [9.17, 15) is 150 Å². The maximum Gasteiger partial charge on any atom is 0.397 e. The van der Waals surface area contributed by atoms with Gasteiger partial charge in [0.1, 0.15) is 104 Å². The van der Waals surface area contributed by atoms with Gasteiger partial charge in [0.2, 0.25) is 0 Å². The number of aliphatic carboxylic acids is 2. The number of ether oxygens (including phenoxy) is 9. The first-order valence-electron chi connectivity index (χ1n) is 23.2. The molecule has 5 rings (SSSR count). The third kappa shape index (κ3) is 22.4. The number of carboxylic acids is 2. The van der Waals surface area contributed by atoms with Crippen molar-refractivity contribution < 1.29 is 223 Å². The van der Waals surface area contributed by atoms with Crippen molar-refractivity contribution in [1.29, 1.82) is 0 Å². The molecule has 0 aromatic carbocycles. The van der Waals surface area contributed by atoms with Crippen molar-refractivity contribution >= 4 is 94.8 Å². The van der Waals surface area contributed by atoms with Crippen molar-refractivity contribution in [1.82, 2.24) is 14.2 Å². The third-order valence-corrected chi connectivity index (χ3v) is 16.2. The summed E-state index contributed by atoms with van der Waals surface area (Å²) >= 11 is 0. The lowest BCUT2D eigenvalue weighted by atomic mass is 9.94. The van der Waals surface area contributed by atoms with Gasteiger partial charge in [0.05, 0.1) is 19.8 Å². The van der Waals surface area contributed by atoms with Crippen molar-refractivity contribution in [3.8, 4) is 0 Å². The highest BCUT2D eigenvalue weighted by atomic mass is 32.3. The van der Waals surface area contributed by atoms with E-state index in [-0.39, 0.29) is 0 Å². The van der Waals surface area contributed by atoms with Crippen molar-refractivity contribution in [2.24, 2.45) is 0 Å². The van der Waals surface area contributed by atoms with Crippen molar-refractivity contribution in [2.45, 2.75) is 153 Å². The largest absolute Gasteiger partial charge is 0.479 e. The topological polar surface area (TPSA) is 816 Å². The van der Waals surface area contributed by atoms with Crippen LogP contribution in [0.2, 0.25) is 0 Å². The van der Waals surface area contributed by atoms with Crippen LogP contribution in [0.4, 0.5) is 0 Å². The maximum absolute atomic E-state index is 12.9. The maximum atomic E-state index is 12.9. The summed E-state index contributed by atoms with van der Waals surface area (Å²) in [6.07, 6.45) is -64.7. The van der Waals surface area contributed by atoms with Crippen LogP contribution in [0.25, 0.3) is 0 Å². The van der Waals surface area contributed by atoms with Crippen LogP contribution in [0.3, 0.4) is 0 Å². The summed E-state index contributed by atoms with van der Waals surface area (Å²) in [6.45, 7) is -5.16. The van der Waals surface area contributed by atoms with E-state index in [2.05, 4.69) is 20.9 Å². The number of carbonyl (C=O) groups is 2.